The number of hydrazine groups is 1. The summed E-state index contributed by atoms with van der Waals surface area (Å²) in [7, 11) is 0. The van der Waals surface area contributed by atoms with Gasteiger partial charge in [-0.25, -0.2) is 10.9 Å². The van der Waals surface area contributed by atoms with Crippen molar-refractivity contribution in [3.63, 3.8) is 0 Å². The van der Waals surface area contributed by atoms with E-state index in [1.165, 1.54) is 11.1 Å². The highest BCUT2D eigenvalue weighted by Gasteiger charge is 2.26. The third-order valence-electron chi connectivity index (χ3n) is 4.90. The summed E-state index contributed by atoms with van der Waals surface area (Å²) in [4.78, 5) is 12.4. The molecular weight excluding hydrogens is 336 g/mol. The molecule has 1 heterocycles. The molecule has 1 saturated heterocycles. The number of amides is 1. The van der Waals surface area contributed by atoms with Gasteiger partial charge >= 0.3 is 0 Å². The molecular formula is C22H22N4O. The van der Waals surface area contributed by atoms with Gasteiger partial charge in [-0.05, 0) is 35.4 Å². The van der Waals surface area contributed by atoms with E-state index in [0.29, 0.717) is 5.56 Å². The van der Waals surface area contributed by atoms with Crippen LogP contribution in [0.5, 0.6) is 0 Å². The third kappa shape index (κ3) is 3.89. The summed E-state index contributed by atoms with van der Waals surface area (Å²) in [6.45, 7) is 2.83. The van der Waals surface area contributed by atoms with Crippen molar-refractivity contribution in [1.29, 1.82) is 0 Å². The standard InChI is InChI=1S/C22H22N4O/c1-15-6-8-17(9-7-15)21-20(13-23-25-21)14-24-26-22(27)19-11-10-16-4-2-3-5-18(16)12-19/h2-12,14,20-21,23,25H,13H2,1H3,(H,26,27)/b24-14+. The summed E-state index contributed by atoms with van der Waals surface area (Å²) in [6.07, 6.45) is 1.80. The number of nitrogens with zero attached hydrogens (tertiary/aromatic N) is 1. The molecule has 0 spiro atoms. The molecule has 1 amide bonds. The molecule has 2 atom stereocenters. The Morgan fingerprint density at radius 3 is 2.67 bits per heavy atom. The van der Waals surface area contributed by atoms with Gasteiger partial charge in [0.2, 0.25) is 0 Å². The molecule has 0 saturated carbocycles. The first-order valence-electron chi connectivity index (χ1n) is 9.08. The van der Waals surface area contributed by atoms with Crippen LogP contribution in [0.3, 0.4) is 0 Å². The molecule has 1 aliphatic rings. The van der Waals surface area contributed by atoms with E-state index in [0.717, 1.165) is 17.3 Å². The second kappa shape index (κ2) is 7.70. The molecule has 136 valence electrons. The normalized spacial score (nSPS) is 19.6. The van der Waals surface area contributed by atoms with Crippen LogP contribution >= 0.6 is 0 Å². The summed E-state index contributed by atoms with van der Waals surface area (Å²) < 4.78 is 0. The lowest BCUT2D eigenvalue weighted by Gasteiger charge is -2.15. The van der Waals surface area contributed by atoms with Crippen LogP contribution in [0.1, 0.15) is 27.5 Å². The minimum absolute atomic E-state index is 0.131. The predicted molar refractivity (Wildman–Crippen MR) is 108 cm³/mol. The van der Waals surface area contributed by atoms with E-state index in [-0.39, 0.29) is 17.9 Å². The molecule has 0 aromatic heterocycles. The average Bonchev–Trinajstić information content (AvgIpc) is 3.16. The monoisotopic (exact) mass is 358 g/mol. The smallest absolute Gasteiger partial charge is 0.267 e. The van der Waals surface area contributed by atoms with E-state index in [4.69, 9.17) is 0 Å². The number of fused-ring (bicyclic) bond motifs is 1. The molecule has 1 aliphatic heterocycles. The number of aryl methyl sites for hydroxylation is 1. The Hall–Kier alpha value is -3.02. The third-order valence-corrected chi connectivity index (χ3v) is 4.90. The highest BCUT2D eigenvalue weighted by atomic mass is 16.2. The van der Waals surface area contributed by atoms with Gasteiger partial charge in [0.15, 0.2) is 0 Å². The molecule has 3 N–H and O–H groups in total. The molecule has 0 radical (unpaired) electrons. The van der Waals surface area contributed by atoms with Crippen molar-refractivity contribution >= 4 is 22.9 Å². The maximum absolute atomic E-state index is 12.4. The number of nitrogens with one attached hydrogen (secondary N) is 3. The van der Waals surface area contributed by atoms with Crippen LogP contribution in [0.15, 0.2) is 71.8 Å². The Kier molecular flexibility index (Phi) is 4.96. The van der Waals surface area contributed by atoms with Crippen LogP contribution in [-0.2, 0) is 0 Å². The van der Waals surface area contributed by atoms with E-state index in [1.54, 1.807) is 6.21 Å². The number of carbonyl (C=O) groups excluding carboxylic acids is 1. The maximum atomic E-state index is 12.4. The van der Waals surface area contributed by atoms with Crippen LogP contribution in [0.4, 0.5) is 0 Å². The molecule has 0 aliphatic carbocycles. The lowest BCUT2D eigenvalue weighted by Crippen LogP contribution is -2.25. The van der Waals surface area contributed by atoms with Crippen LogP contribution in [0.25, 0.3) is 10.8 Å². The van der Waals surface area contributed by atoms with Gasteiger partial charge in [0.25, 0.3) is 5.91 Å². The van der Waals surface area contributed by atoms with Crippen molar-refractivity contribution in [2.45, 2.75) is 13.0 Å². The molecule has 5 heteroatoms. The second-order valence-electron chi connectivity index (χ2n) is 6.86. The lowest BCUT2D eigenvalue weighted by atomic mass is 9.95. The fourth-order valence-corrected chi connectivity index (χ4v) is 3.34. The average molecular weight is 358 g/mol. The van der Waals surface area contributed by atoms with Gasteiger partial charge in [0, 0.05) is 24.2 Å². The fraction of sp³-hybridized carbons (Fsp3) is 0.182. The van der Waals surface area contributed by atoms with E-state index < -0.39 is 0 Å². The fourth-order valence-electron chi connectivity index (χ4n) is 3.34. The summed E-state index contributed by atoms with van der Waals surface area (Å²) in [5.41, 5.74) is 12.1. The van der Waals surface area contributed by atoms with Gasteiger partial charge in [-0.1, -0.05) is 60.2 Å². The molecule has 3 aromatic carbocycles. The Morgan fingerprint density at radius 2 is 1.85 bits per heavy atom. The summed E-state index contributed by atoms with van der Waals surface area (Å²) >= 11 is 0. The highest BCUT2D eigenvalue weighted by molar-refractivity contribution is 5.98. The number of carbonyl (C=O) groups is 1. The first kappa shape index (κ1) is 17.4. The van der Waals surface area contributed by atoms with Crippen molar-refractivity contribution in [1.82, 2.24) is 16.3 Å². The van der Waals surface area contributed by atoms with Crippen LogP contribution in [0.2, 0.25) is 0 Å². The molecule has 3 aromatic rings. The Morgan fingerprint density at radius 1 is 1.07 bits per heavy atom. The lowest BCUT2D eigenvalue weighted by molar-refractivity contribution is 0.0955. The largest absolute Gasteiger partial charge is 0.271 e. The first-order chi connectivity index (χ1) is 13.2. The zero-order valence-electron chi connectivity index (χ0n) is 15.1. The van der Waals surface area contributed by atoms with Crippen LogP contribution in [-0.4, -0.2) is 18.7 Å². The zero-order chi connectivity index (χ0) is 18.6. The minimum Gasteiger partial charge on any atom is -0.267 e. The van der Waals surface area contributed by atoms with E-state index in [9.17, 15) is 4.79 Å². The van der Waals surface area contributed by atoms with Crippen molar-refractivity contribution in [2.75, 3.05) is 6.54 Å². The maximum Gasteiger partial charge on any atom is 0.271 e. The number of benzene rings is 3. The Balaban J connectivity index is 1.42. The quantitative estimate of drug-likeness (QED) is 0.495. The molecule has 1 fully saturated rings. The number of hydrogen-bond acceptors (Lipinski definition) is 4. The van der Waals surface area contributed by atoms with Crippen molar-refractivity contribution < 1.29 is 4.79 Å². The predicted octanol–water partition coefficient (Wildman–Crippen LogP) is 3.33. The number of rotatable bonds is 4. The van der Waals surface area contributed by atoms with Crippen LogP contribution in [0, 0.1) is 12.8 Å². The second-order valence-corrected chi connectivity index (χ2v) is 6.86. The summed E-state index contributed by atoms with van der Waals surface area (Å²) in [5, 5.41) is 6.35. The van der Waals surface area contributed by atoms with Gasteiger partial charge in [-0.15, -0.1) is 0 Å². The van der Waals surface area contributed by atoms with Gasteiger partial charge in [-0.3, -0.25) is 10.2 Å². The Bertz CT molecular complexity index is 981. The first-order valence-corrected chi connectivity index (χ1v) is 9.08. The molecule has 0 bridgehead atoms. The number of hydrazone groups is 1. The van der Waals surface area contributed by atoms with E-state index in [2.05, 4.69) is 52.6 Å². The topological polar surface area (TPSA) is 65.5 Å². The molecule has 5 nitrogen and oxygen atoms in total. The van der Waals surface area contributed by atoms with Gasteiger partial charge in [0.1, 0.15) is 0 Å². The minimum atomic E-state index is -0.206. The van der Waals surface area contributed by atoms with Crippen molar-refractivity contribution in [3.8, 4) is 0 Å². The van der Waals surface area contributed by atoms with Gasteiger partial charge in [-0.2, -0.15) is 5.10 Å². The SMILES string of the molecule is Cc1ccc(C2NNCC2/C=N/NC(=O)c2ccc3ccccc3c2)cc1. The van der Waals surface area contributed by atoms with Crippen LogP contribution < -0.4 is 16.3 Å². The van der Waals surface area contributed by atoms with E-state index >= 15 is 0 Å². The molecule has 27 heavy (non-hydrogen) atoms. The molecule has 2 unspecified atom stereocenters. The highest BCUT2D eigenvalue weighted by Crippen LogP contribution is 2.23. The summed E-state index contributed by atoms with van der Waals surface area (Å²) in [6, 6.07) is 22.2. The summed E-state index contributed by atoms with van der Waals surface area (Å²) in [5.74, 6) is -0.0487. The van der Waals surface area contributed by atoms with Gasteiger partial charge < -0.3 is 0 Å². The number of hydrogen-bond donors (Lipinski definition) is 3. The molecule has 4 rings (SSSR count). The van der Waals surface area contributed by atoms with E-state index in [1.807, 2.05) is 42.5 Å². The van der Waals surface area contributed by atoms with Crippen molar-refractivity contribution in [2.24, 2.45) is 11.0 Å². The Labute approximate surface area is 158 Å². The zero-order valence-corrected chi connectivity index (χ0v) is 15.1. The van der Waals surface area contributed by atoms with Crippen molar-refractivity contribution in [3.05, 3.63) is 83.4 Å². The van der Waals surface area contributed by atoms with Gasteiger partial charge in [0.05, 0.1) is 6.04 Å².